The summed E-state index contributed by atoms with van der Waals surface area (Å²) in [5.41, 5.74) is 14.1. The topological polar surface area (TPSA) is 55.1 Å². The minimum atomic E-state index is 0.539. The number of hydrogen-bond acceptors (Lipinski definition) is 6. The molecule has 0 fully saturated rings. The normalized spacial score (nSPS) is 11.6. The van der Waals surface area contributed by atoms with Crippen LogP contribution in [0.15, 0.2) is 259 Å². The molecule has 0 amide bonds. The van der Waals surface area contributed by atoms with Crippen LogP contribution in [0.5, 0.6) is 0 Å². The first kappa shape index (κ1) is 42.4. The van der Waals surface area contributed by atoms with E-state index in [2.05, 4.69) is 241 Å². The monoisotopic (exact) mass is 950 g/mol. The number of thiophene rings is 1. The van der Waals surface area contributed by atoms with E-state index in [-0.39, 0.29) is 0 Å². The Labute approximate surface area is 425 Å². The minimum Gasteiger partial charge on any atom is -0.455 e. The lowest BCUT2D eigenvalue weighted by Crippen LogP contribution is -2.10. The fourth-order valence-electron chi connectivity index (χ4n) is 10.5. The number of hydrogen-bond donors (Lipinski definition) is 0. The number of aromatic nitrogens is 3. The van der Waals surface area contributed by atoms with Gasteiger partial charge in [-0.25, -0.2) is 15.0 Å². The van der Waals surface area contributed by atoms with Crippen molar-refractivity contribution in [3.63, 3.8) is 0 Å². The molecule has 73 heavy (non-hydrogen) atoms. The molecule has 6 heteroatoms. The Bertz CT molecular complexity index is 4370. The predicted molar refractivity (Wildman–Crippen MR) is 305 cm³/mol. The van der Waals surface area contributed by atoms with Crippen molar-refractivity contribution in [2.75, 3.05) is 4.90 Å². The van der Waals surface area contributed by atoms with Crippen LogP contribution >= 0.6 is 11.3 Å². The maximum Gasteiger partial charge on any atom is 0.167 e. The second-order valence-electron chi connectivity index (χ2n) is 18.3. The van der Waals surface area contributed by atoms with Crippen LogP contribution in [0.25, 0.3) is 120 Å². The molecule has 0 aliphatic heterocycles. The molecule has 0 aliphatic rings. The molecular weight excluding hydrogens is 909 g/mol. The Morgan fingerprint density at radius 2 is 0.863 bits per heavy atom. The summed E-state index contributed by atoms with van der Waals surface area (Å²) in [7, 11) is 0. The molecule has 14 aromatic rings. The molecule has 0 aliphatic carbocycles. The Hall–Kier alpha value is -9.49. The van der Waals surface area contributed by atoms with Crippen LogP contribution in [-0.4, -0.2) is 15.0 Å². The average Bonchev–Trinajstić information content (AvgIpc) is 4.05. The van der Waals surface area contributed by atoms with Crippen molar-refractivity contribution in [1.29, 1.82) is 0 Å². The van der Waals surface area contributed by atoms with E-state index in [0.717, 1.165) is 93.6 Å². The molecule has 0 saturated heterocycles. The molecule has 0 spiro atoms. The quantitative estimate of drug-likeness (QED) is 0.144. The molecule has 0 unspecified atom stereocenters. The second kappa shape index (κ2) is 17.7. The predicted octanol–water partition coefficient (Wildman–Crippen LogP) is 18.8. The Morgan fingerprint density at radius 3 is 1.63 bits per heavy atom. The zero-order valence-electron chi connectivity index (χ0n) is 39.4. The number of benzene rings is 11. The number of furan rings is 1. The molecule has 3 heterocycles. The third-order valence-electron chi connectivity index (χ3n) is 13.9. The van der Waals surface area contributed by atoms with Gasteiger partial charge in [0.15, 0.2) is 17.5 Å². The highest BCUT2D eigenvalue weighted by atomic mass is 32.1. The van der Waals surface area contributed by atoms with E-state index in [0.29, 0.717) is 17.5 Å². The molecule has 11 aromatic carbocycles. The first-order chi connectivity index (χ1) is 36.2. The molecule has 0 N–H and O–H groups in total. The van der Waals surface area contributed by atoms with Crippen molar-refractivity contribution < 1.29 is 4.42 Å². The molecule has 342 valence electrons. The van der Waals surface area contributed by atoms with Gasteiger partial charge in [-0.15, -0.1) is 11.3 Å². The van der Waals surface area contributed by atoms with Crippen LogP contribution in [0.3, 0.4) is 0 Å². The highest BCUT2D eigenvalue weighted by Gasteiger charge is 2.24. The van der Waals surface area contributed by atoms with Crippen molar-refractivity contribution >= 4 is 81.3 Å². The Kier molecular flexibility index (Phi) is 10.3. The highest BCUT2D eigenvalue weighted by Crippen LogP contribution is 2.47. The zero-order valence-corrected chi connectivity index (χ0v) is 40.2. The summed E-state index contributed by atoms with van der Waals surface area (Å²) >= 11 is 1.79. The van der Waals surface area contributed by atoms with Gasteiger partial charge >= 0.3 is 0 Å². The van der Waals surface area contributed by atoms with Gasteiger partial charge in [-0.05, 0) is 93.4 Å². The fourth-order valence-corrected chi connectivity index (χ4v) is 11.9. The molecule has 0 saturated carbocycles. The van der Waals surface area contributed by atoms with Crippen LogP contribution in [-0.2, 0) is 0 Å². The van der Waals surface area contributed by atoms with E-state index in [1.165, 1.54) is 26.4 Å². The van der Waals surface area contributed by atoms with Gasteiger partial charge in [0.25, 0.3) is 0 Å². The van der Waals surface area contributed by atoms with Crippen LogP contribution in [0.1, 0.15) is 0 Å². The van der Waals surface area contributed by atoms with Gasteiger partial charge in [0.05, 0.1) is 11.3 Å². The Balaban J connectivity index is 0.960. The lowest BCUT2D eigenvalue weighted by atomic mass is 9.95. The number of anilines is 3. The van der Waals surface area contributed by atoms with E-state index in [9.17, 15) is 0 Å². The maximum absolute atomic E-state index is 6.94. The number of rotatable bonds is 9. The van der Waals surface area contributed by atoms with Crippen molar-refractivity contribution in [3.8, 4) is 67.5 Å². The average molecular weight is 951 g/mol. The lowest BCUT2D eigenvalue weighted by molar-refractivity contribution is 0.669. The Morgan fingerprint density at radius 1 is 0.329 bits per heavy atom. The van der Waals surface area contributed by atoms with E-state index >= 15 is 0 Å². The summed E-state index contributed by atoms with van der Waals surface area (Å²) in [6.45, 7) is 0. The number of fused-ring (bicyclic) bond motifs is 7. The summed E-state index contributed by atoms with van der Waals surface area (Å²) < 4.78 is 9.25. The van der Waals surface area contributed by atoms with E-state index in [4.69, 9.17) is 19.4 Å². The summed E-state index contributed by atoms with van der Waals surface area (Å²) in [6.07, 6.45) is 0. The summed E-state index contributed by atoms with van der Waals surface area (Å²) in [6, 6.07) is 89.9. The molecule has 3 aromatic heterocycles. The van der Waals surface area contributed by atoms with Gasteiger partial charge in [-0.1, -0.05) is 200 Å². The molecule has 5 nitrogen and oxygen atoms in total. The minimum absolute atomic E-state index is 0.539. The SMILES string of the molecule is c1ccc(-c2cc(-c3nc(-c4ccccc4)nc(-c4cccc5c4sc4c(-c6cccc(N(c7ccccc7)c7cccc8ccccc78)c6)cccc45)n3)c3oc4cccc(-c5ccccc5)c4c3c2)cc1. The van der Waals surface area contributed by atoms with Crippen LogP contribution in [0.2, 0.25) is 0 Å². The maximum atomic E-state index is 6.94. The van der Waals surface area contributed by atoms with Gasteiger partial charge in [0.2, 0.25) is 0 Å². The summed E-state index contributed by atoms with van der Waals surface area (Å²) in [5.74, 6) is 1.72. The largest absolute Gasteiger partial charge is 0.455 e. The first-order valence-electron chi connectivity index (χ1n) is 24.5. The third-order valence-corrected chi connectivity index (χ3v) is 15.2. The van der Waals surface area contributed by atoms with Crippen LogP contribution < -0.4 is 4.90 Å². The van der Waals surface area contributed by atoms with Gasteiger partial charge in [-0.3, -0.25) is 0 Å². The molecular formula is C67H42N4OS. The van der Waals surface area contributed by atoms with E-state index < -0.39 is 0 Å². The van der Waals surface area contributed by atoms with Crippen molar-refractivity contribution in [2.45, 2.75) is 0 Å². The van der Waals surface area contributed by atoms with Crippen LogP contribution in [0, 0.1) is 0 Å². The van der Waals surface area contributed by atoms with Gasteiger partial charge in [0, 0.05) is 58.8 Å². The zero-order chi connectivity index (χ0) is 48.2. The molecule has 0 radical (unpaired) electrons. The van der Waals surface area contributed by atoms with E-state index in [1.54, 1.807) is 11.3 Å². The molecule has 0 bridgehead atoms. The number of nitrogens with zero attached hydrogens (tertiary/aromatic N) is 4. The third kappa shape index (κ3) is 7.43. The molecule has 0 atom stereocenters. The van der Waals surface area contributed by atoms with Crippen molar-refractivity contribution in [1.82, 2.24) is 15.0 Å². The van der Waals surface area contributed by atoms with Crippen LogP contribution in [0.4, 0.5) is 17.1 Å². The van der Waals surface area contributed by atoms with Gasteiger partial charge in [0.1, 0.15) is 11.2 Å². The smallest absolute Gasteiger partial charge is 0.167 e. The summed E-state index contributed by atoms with van der Waals surface area (Å²) in [5, 5.41) is 6.78. The fraction of sp³-hybridized carbons (Fsp3) is 0. The van der Waals surface area contributed by atoms with Gasteiger partial charge in [-0.2, -0.15) is 0 Å². The van der Waals surface area contributed by atoms with Crippen molar-refractivity contribution in [2.24, 2.45) is 0 Å². The molecule has 14 rings (SSSR count). The highest BCUT2D eigenvalue weighted by molar-refractivity contribution is 7.26. The first-order valence-corrected chi connectivity index (χ1v) is 25.3. The second-order valence-corrected chi connectivity index (χ2v) is 19.3. The number of para-hydroxylation sites is 1. The van der Waals surface area contributed by atoms with Crippen molar-refractivity contribution in [3.05, 3.63) is 255 Å². The summed E-state index contributed by atoms with van der Waals surface area (Å²) in [4.78, 5) is 18.5. The lowest BCUT2D eigenvalue weighted by Gasteiger charge is -2.27. The standard InChI is InChI=1S/C67H42N4OS/c1-5-20-43(21-6-1)48-41-57-61-52(45-22-7-2-8-23-45)33-19-39-60(61)72-62(57)58(42-48)67-69-65(46-25-9-3-10-26-46)68-66(70-67)56-37-18-36-55-54-35-17-34-53(63(54)73-64(55)56)47-28-15-31-50(40-47)71(49-29-11-4-12-30-49)59-38-16-27-44-24-13-14-32-51(44)59/h1-42H. The van der Waals surface area contributed by atoms with Gasteiger partial charge < -0.3 is 9.32 Å². The van der Waals surface area contributed by atoms with E-state index in [1.807, 2.05) is 18.2 Å².